The van der Waals surface area contributed by atoms with E-state index in [-0.39, 0.29) is 5.41 Å². The van der Waals surface area contributed by atoms with Gasteiger partial charge in [0.25, 0.3) is 0 Å². The number of benzene rings is 8. The molecule has 8 aromatic carbocycles. The lowest BCUT2D eigenvalue weighted by Crippen LogP contribution is -2.16. The molecule has 0 fully saturated rings. The predicted molar refractivity (Wildman–Crippen MR) is 216 cm³/mol. The van der Waals surface area contributed by atoms with Crippen LogP contribution in [0.2, 0.25) is 0 Å². The number of para-hydroxylation sites is 1. The van der Waals surface area contributed by atoms with Crippen LogP contribution in [0.3, 0.4) is 0 Å². The molecule has 0 unspecified atom stereocenters. The van der Waals surface area contributed by atoms with E-state index in [1.165, 1.54) is 88.1 Å². The molecule has 1 aliphatic rings. The summed E-state index contributed by atoms with van der Waals surface area (Å²) >= 11 is 0. The minimum atomic E-state index is -0.167. The van der Waals surface area contributed by atoms with Crippen LogP contribution in [-0.4, -0.2) is 4.98 Å². The molecular formula is C50H35N. The van der Waals surface area contributed by atoms with Crippen molar-refractivity contribution in [2.75, 3.05) is 0 Å². The first-order valence-electron chi connectivity index (χ1n) is 17.8. The highest BCUT2D eigenvalue weighted by atomic mass is 14.7. The van der Waals surface area contributed by atoms with E-state index in [2.05, 4.69) is 190 Å². The minimum Gasteiger partial charge on any atom is -0.247 e. The van der Waals surface area contributed by atoms with Crippen LogP contribution in [0.5, 0.6) is 0 Å². The van der Waals surface area contributed by atoms with E-state index in [9.17, 15) is 0 Å². The molecule has 0 atom stereocenters. The van der Waals surface area contributed by atoms with Gasteiger partial charge < -0.3 is 0 Å². The average molecular weight is 650 g/mol. The molecule has 1 aliphatic carbocycles. The largest absolute Gasteiger partial charge is 0.247 e. The van der Waals surface area contributed by atoms with Gasteiger partial charge in [-0.25, -0.2) is 4.98 Å². The number of aromatic nitrogens is 1. The molecule has 0 spiro atoms. The van der Waals surface area contributed by atoms with Gasteiger partial charge in [-0.2, -0.15) is 0 Å². The van der Waals surface area contributed by atoms with Gasteiger partial charge in [0, 0.05) is 16.4 Å². The van der Waals surface area contributed by atoms with Crippen molar-refractivity contribution in [1.29, 1.82) is 0 Å². The maximum Gasteiger partial charge on any atom is 0.0759 e. The summed E-state index contributed by atoms with van der Waals surface area (Å²) in [6.45, 7) is 4.69. The SMILES string of the molecule is CC1(C)c2ccccc2-c2nc3ccccc3c(-c3ccc(-c4cc(-c5ccc6ccccc6c5)cc(-c5ccc6ccccc6c5)c4)cc3)c21. The number of rotatable bonds is 4. The number of hydrogen-bond donors (Lipinski definition) is 0. The molecule has 0 N–H and O–H groups in total. The van der Waals surface area contributed by atoms with Gasteiger partial charge >= 0.3 is 0 Å². The molecule has 0 saturated carbocycles. The molecule has 1 aromatic heterocycles. The number of pyridine rings is 1. The summed E-state index contributed by atoms with van der Waals surface area (Å²) in [4.78, 5) is 5.26. The average Bonchev–Trinajstić information content (AvgIpc) is 3.42. The molecule has 240 valence electrons. The Morgan fingerprint density at radius 2 is 0.882 bits per heavy atom. The maximum atomic E-state index is 5.26. The number of nitrogens with zero attached hydrogens (tertiary/aromatic N) is 1. The van der Waals surface area contributed by atoms with Crippen molar-refractivity contribution >= 4 is 32.4 Å². The lowest BCUT2D eigenvalue weighted by molar-refractivity contribution is 0.662. The molecule has 0 amide bonds. The molecule has 10 rings (SSSR count). The fraction of sp³-hybridized carbons (Fsp3) is 0.0600. The highest BCUT2D eigenvalue weighted by Crippen LogP contribution is 2.53. The van der Waals surface area contributed by atoms with Gasteiger partial charge in [-0.15, -0.1) is 0 Å². The summed E-state index contributed by atoms with van der Waals surface area (Å²) in [7, 11) is 0. The second-order valence-electron chi connectivity index (χ2n) is 14.4. The van der Waals surface area contributed by atoms with Gasteiger partial charge in [0.05, 0.1) is 11.2 Å². The first-order chi connectivity index (χ1) is 25.0. The Balaban J connectivity index is 1.14. The second kappa shape index (κ2) is 11.4. The number of fused-ring (bicyclic) bond motifs is 6. The van der Waals surface area contributed by atoms with E-state index in [0.717, 1.165) is 11.2 Å². The zero-order chi connectivity index (χ0) is 34.1. The predicted octanol–water partition coefficient (Wildman–Crippen LogP) is 13.5. The quantitative estimate of drug-likeness (QED) is 0.185. The molecule has 1 nitrogen and oxygen atoms in total. The standard InChI is InChI=1S/C50H35N/c1-50(2)45-17-9-7-15-43(45)49-48(50)47(44-16-8-10-18-46(44)51-49)35-23-19-34(20-24-35)40-29-41(38-25-21-32-11-3-5-13-36(32)27-38)31-42(30-40)39-26-22-33-12-4-6-14-37(33)28-39/h3-31H,1-2H3. The summed E-state index contributed by atoms with van der Waals surface area (Å²) < 4.78 is 0. The summed E-state index contributed by atoms with van der Waals surface area (Å²) in [5.74, 6) is 0. The van der Waals surface area contributed by atoms with Crippen molar-refractivity contribution in [2.45, 2.75) is 19.3 Å². The Morgan fingerprint density at radius 1 is 0.392 bits per heavy atom. The zero-order valence-corrected chi connectivity index (χ0v) is 28.7. The van der Waals surface area contributed by atoms with Gasteiger partial charge in [-0.3, -0.25) is 0 Å². The van der Waals surface area contributed by atoms with E-state index < -0.39 is 0 Å². The third-order valence-corrected chi connectivity index (χ3v) is 11.0. The summed E-state index contributed by atoms with van der Waals surface area (Å²) in [6, 6.07) is 64.5. The summed E-state index contributed by atoms with van der Waals surface area (Å²) in [6.07, 6.45) is 0. The van der Waals surface area contributed by atoms with E-state index >= 15 is 0 Å². The smallest absolute Gasteiger partial charge is 0.0759 e. The van der Waals surface area contributed by atoms with Crippen LogP contribution in [0.1, 0.15) is 25.0 Å². The molecule has 51 heavy (non-hydrogen) atoms. The number of hydrogen-bond acceptors (Lipinski definition) is 1. The van der Waals surface area contributed by atoms with Crippen LogP contribution in [0, 0.1) is 0 Å². The van der Waals surface area contributed by atoms with Crippen molar-refractivity contribution in [1.82, 2.24) is 4.98 Å². The second-order valence-corrected chi connectivity index (χ2v) is 14.4. The monoisotopic (exact) mass is 649 g/mol. The van der Waals surface area contributed by atoms with Crippen LogP contribution in [0.4, 0.5) is 0 Å². The highest BCUT2D eigenvalue weighted by molar-refractivity contribution is 6.02. The topological polar surface area (TPSA) is 12.9 Å². The van der Waals surface area contributed by atoms with Gasteiger partial charge in [-0.05, 0) is 114 Å². The Morgan fingerprint density at radius 3 is 1.53 bits per heavy atom. The molecule has 1 heterocycles. The molecule has 0 bridgehead atoms. The summed E-state index contributed by atoms with van der Waals surface area (Å²) in [5.41, 5.74) is 15.6. The highest BCUT2D eigenvalue weighted by Gasteiger charge is 2.39. The molecule has 0 saturated heterocycles. The Hall–Kier alpha value is -6.31. The first-order valence-corrected chi connectivity index (χ1v) is 17.8. The van der Waals surface area contributed by atoms with Gasteiger partial charge in [0.2, 0.25) is 0 Å². The Bertz CT molecular complexity index is 2720. The third-order valence-electron chi connectivity index (χ3n) is 11.0. The van der Waals surface area contributed by atoms with E-state index in [0.29, 0.717) is 0 Å². The Labute approximate surface area is 298 Å². The van der Waals surface area contributed by atoms with Crippen LogP contribution < -0.4 is 0 Å². The van der Waals surface area contributed by atoms with Crippen molar-refractivity contribution in [3.8, 4) is 55.8 Å². The Kier molecular flexibility index (Phi) is 6.60. The fourth-order valence-corrected chi connectivity index (χ4v) is 8.38. The summed E-state index contributed by atoms with van der Waals surface area (Å²) in [5, 5.41) is 6.20. The van der Waals surface area contributed by atoms with Crippen LogP contribution in [-0.2, 0) is 5.41 Å². The van der Waals surface area contributed by atoms with Crippen molar-refractivity contribution in [3.05, 3.63) is 187 Å². The van der Waals surface area contributed by atoms with Crippen LogP contribution >= 0.6 is 0 Å². The van der Waals surface area contributed by atoms with Gasteiger partial charge in [0.15, 0.2) is 0 Å². The van der Waals surface area contributed by atoms with E-state index in [1.807, 2.05) is 0 Å². The van der Waals surface area contributed by atoms with Gasteiger partial charge in [-0.1, -0.05) is 153 Å². The van der Waals surface area contributed by atoms with Crippen LogP contribution in [0.15, 0.2) is 176 Å². The van der Waals surface area contributed by atoms with E-state index in [1.54, 1.807) is 0 Å². The fourth-order valence-electron chi connectivity index (χ4n) is 8.38. The molecule has 1 heteroatoms. The third kappa shape index (κ3) is 4.81. The minimum absolute atomic E-state index is 0.167. The molecule has 0 radical (unpaired) electrons. The molecular weight excluding hydrogens is 615 g/mol. The van der Waals surface area contributed by atoms with Gasteiger partial charge in [0.1, 0.15) is 0 Å². The van der Waals surface area contributed by atoms with E-state index in [4.69, 9.17) is 4.98 Å². The molecule has 0 aliphatic heterocycles. The lowest BCUT2D eigenvalue weighted by atomic mass is 9.78. The first kappa shape index (κ1) is 29.6. The van der Waals surface area contributed by atoms with Crippen molar-refractivity contribution in [3.63, 3.8) is 0 Å². The normalized spacial score (nSPS) is 13.1. The van der Waals surface area contributed by atoms with Crippen LogP contribution in [0.25, 0.3) is 88.2 Å². The maximum absolute atomic E-state index is 5.26. The van der Waals surface area contributed by atoms with Crippen molar-refractivity contribution in [2.24, 2.45) is 0 Å². The van der Waals surface area contributed by atoms with Crippen molar-refractivity contribution < 1.29 is 0 Å². The zero-order valence-electron chi connectivity index (χ0n) is 28.7. The lowest BCUT2D eigenvalue weighted by Gasteiger charge is -2.25. The molecule has 9 aromatic rings.